The van der Waals surface area contributed by atoms with Crippen LogP contribution in [-0.2, 0) is 4.79 Å². The average Bonchev–Trinajstić information content (AvgIpc) is 2.64. The van der Waals surface area contributed by atoms with Gasteiger partial charge in [0.05, 0.1) is 0 Å². The molecular weight excluding hydrogens is 188 g/mol. The van der Waals surface area contributed by atoms with Gasteiger partial charge in [0, 0.05) is 18.5 Å². The molecule has 2 rings (SSSR count). The SMILES string of the molecule is NC1(CC(=O)NCC2CCCC2)CCC1. The zero-order valence-corrected chi connectivity index (χ0v) is 9.43. The van der Waals surface area contributed by atoms with Crippen molar-refractivity contribution in [1.29, 1.82) is 0 Å². The summed E-state index contributed by atoms with van der Waals surface area (Å²) in [6.45, 7) is 0.870. The van der Waals surface area contributed by atoms with E-state index in [1.54, 1.807) is 0 Å². The lowest BCUT2D eigenvalue weighted by Crippen LogP contribution is -2.50. The van der Waals surface area contributed by atoms with Crippen LogP contribution in [0.1, 0.15) is 51.4 Å². The standard InChI is InChI=1S/C12H22N2O/c13-12(6-3-7-12)8-11(15)14-9-10-4-1-2-5-10/h10H,1-9,13H2,(H,14,15). The van der Waals surface area contributed by atoms with Gasteiger partial charge in [-0.15, -0.1) is 0 Å². The van der Waals surface area contributed by atoms with Crippen LogP contribution in [0.4, 0.5) is 0 Å². The molecule has 86 valence electrons. The van der Waals surface area contributed by atoms with Crippen LogP contribution in [0.5, 0.6) is 0 Å². The Labute approximate surface area is 91.8 Å². The van der Waals surface area contributed by atoms with Crippen molar-refractivity contribution in [2.45, 2.75) is 56.9 Å². The summed E-state index contributed by atoms with van der Waals surface area (Å²) in [6.07, 6.45) is 8.99. The van der Waals surface area contributed by atoms with E-state index in [1.165, 1.54) is 32.1 Å². The molecule has 0 aliphatic heterocycles. The molecule has 15 heavy (non-hydrogen) atoms. The van der Waals surface area contributed by atoms with Crippen LogP contribution in [0.3, 0.4) is 0 Å². The van der Waals surface area contributed by atoms with Crippen molar-refractivity contribution in [2.24, 2.45) is 11.7 Å². The third-order valence-electron chi connectivity index (χ3n) is 3.92. The topological polar surface area (TPSA) is 55.1 Å². The molecule has 0 saturated heterocycles. The number of carbonyl (C=O) groups is 1. The van der Waals surface area contributed by atoms with Crippen LogP contribution >= 0.6 is 0 Å². The van der Waals surface area contributed by atoms with E-state index >= 15 is 0 Å². The second-order valence-electron chi connectivity index (χ2n) is 5.35. The summed E-state index contributed by atoms with van der Waals surface area (Å²) in [7, 11) is 0. The molecule has 0 bridgehead atoms. The molecule has 0 unspecified atom stereocenters. The monoisotopic (exact) mass is 210 g/mol. The normalized spacial score (nSPS) is 24.9. The fourth-order valence-corrected chi connectivity index (χ4v) is 2.66. The lowest BCUT2D eigenvalue weighted by Gasteiger charge is -2.37. The van der Waals surface area contributed by atoms with Crippen LogP contribution in [0.25, 0.3) is 0 Å². The number of nitrogens with two attached hydrogens (primary N) is 1. The van der Waals surface area contributed by atoms with Gasteiger partial charge in [0.1, 0.15) is 0 Å². The molecule has 0 heterocycles. The highest BCUT2D eigenvalue weighted by Crippen LogP contribution is 2.32. The predicted octanol–water partition coefficient (Wildman–Crippen LogP) is 1.56. The van der Waals surface area contributed by atoms with E-state index < -0.39 is 0 Å². The van der Waals surface area contributed by atoms with E-state index in [0.29, 0.717) is 6.42 Å². The Kier molecular flexibility index (Phi) is 3.29. The van der Waals surface area contributed by atoms with Crippen molar-refractivity contribution >= 4 is 5.91 Å². The van der Waals surface area contributed by atoms with Crippen LogP contribution in [0, 0.1) is 5.92 Å². The van der Waals surface area contributed by atoms with Gasteiger partial charge >= 0.3 is 0 Å². The number of amides is 1. The number of nitrogens with one attached hydrogen (secondary N) is 1. The molecule has 0 spiro atoms. The molecule has 0 atom stereocenters. The van der Waals surface area contributed by atoms with E-state index in [4.69, 9.17) is 5.73 Å². The first-order valence-corrected chi connectivity index (χ1v) is 6.24. The molecular formula is C12H22N2O. The first kappa shape index (κ1) is 10.9. The molecule has 3 nitrogen and oxygen atoms in total. The molecule has 2 fully saturated rings. The smallest absolute Gasteiger partial charge is 0.221 e. The summed E-state index contributed by atoms with van der Waals surface area (Å²) in [5.74, 6) is 0.883. The summed E-state index contributed by atoms with van der Waals surface area (Å²) in [5, 5.41) is 3.03. The maximum atomic E-state index is 11.6. The van der Waals surface area contributed by atoms with Crippen LogP contribution < -0.4 is 11.1 Å². The second kappa shape index (κ2) is 4.52. The highest BCUT2D eigenvalue weighted by atomic mass is 16.1. The highest BCUT2D eigenvalue weighted by molar-refractivity contribution is 5.77. The van der Waals surface area contributed by atoms with Gasteiger partial charge in [0.25, 0.3) is 0 Å². The van der Waals surface area contributed by atoms with Gasteiger partial charge < -0.3 is 11.1 Å². The molecule has 1 amide bonds. The Morgan fingerprint density at radius 2 is 1.93 bits per heavy atom. The van der Waals surface area contributed by atoms with Gasteiger partial charge in [0.15, 0.2) is 0 Å². The first-order chi connectivity index (χ1) is 7.18. The summed E-state index contributed by atoms with van der Waals surface area (Å²) >= 11 is 0. The van der Waals surface area contributed by atoms with Gasteiger partial charge in [-0.1, -0.05) is 12.8 Å². The van der Waals surface area contributed by atoms with Crippen molar-refractivity contribution in [2.75, 3.05) is 6.54 Å². The van der Waals surface area contributed by atoms with Crippen molar-refractivity contribution < 1.29 is 4.79 Å². The first-order valence-electron chi connectivity index (χ1n) is 6.24. The van der Waals surface area contributed by atoms with Gasteiger partial charge in [-0.25, -0.2) is 0 Å². The van der Waals surface area contributed by atoms with E-state index in [0.717, 1.165) is 25.3 Å². The molecule has 2 aliphatic rings. The van der Waals surface area contributed by atoms with Gasteiger partial charge in [-0.2, -0.15) is 0 Å². The maximum absolute atomic E-state index is 11.6. The third-order valence-corrected chi connectivity index (χ3v) is 3.92. The van der Waals surface area contributed by atoms with E-state index in [2.05, 4.69) is 5.32 Å². The minimum atomic E-state index is -0.167. The van der Waals surface area contributed by atoms with Crippen molar-refractivity contribution in [3.63, 3.8) is 0 Å². The molecule has 3 N–H and O–H groups in total. The van der Waals surface area contributed by atoms with E-state index in [1.807, 2.05) is 0 Å². The minimum Gasteiger partial charge on any atom is -0.356 e. The Bertz CT molecular complexity index is 230. The fourth-order valence-electron chi connectivity index (χ4n) is 2.66. The van der Waals surface area contributed by atoms with Crippen LogP contribution in [0.2, 0.25) is 0 Å². The molecule has 0 radical (unpaired) electrons. The molecule has 2 aliphatic carbocycles. The van der Waals surface area contributed by atoms with Crippen LogP contribution in [-0.4, -0.2) is 18.0 Å². The second-order valence-corrected chi connectivity index (χ2v) is 5.35. The summed E-state index contributed by atoms with van der Waals surface area (Å²) in [5.41, 5.74) is 5.86. The Hall–Kier alpha value is -0.570. The van der Waals surface area contributed by atoms with Crippen molar-refractivity contribution in [3.8, 4) is 0 Å². The number of rotatable bonds is 4. The quantitative estimate of drug-likeness (QED) is 0.740. The lowest BCUT2D eigenvalue weighted by atomic mass is 9.75. The van der Waals surface area contributed by atoms with E-state index in [-0.39, 0.29) is 11.4 Å². The van der Waals surface area contributed by atoms with Crippen molar-refractivity contribution in [3.05, 3.63) is 0 Å². The lowest BCUT2D eigenvalue weighted by molar-refractivity contribution is -0.123. The van der Waals surface area contributed by atoms with E-state index in [9.17, 15) is 4.79 Å². The molecule has 0 aromatic rings. The highest BCUT2D eigenvalue weighted by Gasteiger charge is 2.34. The Balaban J connectivity index is 1.63. The largest absolute Gasteiger partial charge is 0.356 e. The maximum Gasteiger partial charge on any atom is 0.221 e. The number of hydrogen-bond donors (Lipinski definition) is 2. The van der Waals surface area contributed by atoms with Crippen molar-refractivity contribution in [1.82, 2.24) is 5.32 Å². The summed E-state index contributed by atoms with van der Waals surface area (Å²) < 4.78 is 0. The van der Waals surface area contributed by atoms with Crippen LogP contribution in [0.15, 0.2) is 0 Å². The zero-order chi connectivity index (χ0) is 10.7. The molecule has 3 heteroatoms. The third kappa shape index (κ3) is 2.94. The number of hydrogen-bond acceptors (Lipinski definition) is 2. The molecule has 0 aromatic heterocycles. The zero-order valence-electron chi connectivity index (χ0n) is 9.43. The Morgan fingerprint density at radius 3 is 2.47 bits per heavy atom. The number of carbonyl (C=O) groups excluding carboxylic acids is 1. The molecule has 0 aromatic carbocycles. The summed E-state index contributed by atoms with van der Waals surface area (Å²) in [4.78, 5) is 11.6. The molecule has 2 saturated carbocycles. The van der Waals surface area contributed by atoms with Gasteiger partial charge in [-0.3, -0.25) is 4.79 Å². The summed E-state index contributed by atoms with van der Waals surface area (Å²) in [6, 6.07) is 0. The predicted molar refractivity (Wildman–Crippen MR) is 60.4 cm³/mol. The minimum absolute atomic E-state index is 0.157. The fraction of sp³-hybridized carbons (Fsp3) is 0.917. The average molecular weight is 210 g/mol. The van der Waals surface area contributed by atoms with Gasteiger partial charge in [-0.05, 0) is 38.0 Å². The Morgan fingerprint density at radius 1 is 1.27 bits per heavy atom. The van der Waals surface area contributed by atoms with Gasteiger partial charge in [0.2, 0.25) is 5.91 Å².